The monoisotopic (exact) mass is 415 g/mol. The van der Waals surface area contributed by atoms with Crippen molar-refractivity contribution < 1.29 is 13.9 Å². The zero-order valence-corrected chi connectivity index (χ0v) is 17.6. The second-order valence-electron chi connectivity index (χ2n) is 7.03. The molecule has 150 valence electrons. The Balaban J connectivity index is 2.07. The number of hydrogen-bond acceptors (Lipinski definition) is 4. The van der Waals surface area contributed by atoms with E-state index in [1.54, 1.807) is 7.11 Å². The van der Waals surface area contributed by atoms with E-state index in [1.807, 2.05) is 24.3 Å². The van der Waals surface area contributed by atoms with Crippen molar-refractivity contribution in [3.05, 3.63) is 89.7 Å². The van der Waals surface area contributed by atoms with Gasteiger partial charge in [0.15, 0.2) is 0 Å². The Morgan fingerprint density at radius 1 is 0.967 bits per heavy atom. The Kier molecular flexibility index (Phi) is 6.36. The molecular formula is C25H22NO3P. The van der Waals surface area contributed by atoms with Gasteiger partial charge in [0.1, 0.15) is 7.11 Å². The molecule has 0 bridgehead atoms. The average molecular weight is 415 g/mol. The maximum atomic E-state index is 10.7. The van der Waals surface area contributed by atoms with E-state index < -0.39 is 0 Å². The first-order valence-electron chi connectivity index (χ1n) is 9.89. The lowest BCUT2D eigenvalue weighted by molar-refractivity contribution is 0.213. The molecule has 0 unspecified atom stereocenters. The lowest BCUT2D eigenvalue weighted by Gasteiger charge is -2.25. The van der Waals surface area contributed by atoms with Crippen molar-refractivity contribution in [1.29, 1.82) is 0 Å². The van der Waals surface area contributed by atoms with Crippen LogP contribution in [0.4, 0.5) is 0 Å². The molecule has 0 saturated carbocycles. The van der Waals surface area contributed by atoms with Crippen LogP contribution in [0.3, 0.4) is 0 Å². The third-order valence-electron chi connectivity index (χ3n) is 5.32. The summed E-state index contributed by atoms with van der Waals surface area (Å²) in [6, 6.07) is 22.9. The van der Waals surface area contributed by atoms with Gasteiger partial charge < -0.3 is 9.36 Å². The SMILES string of the molecule is CO/N=C1\CCCC(c2ccccc2)=C1c1c(/C=C/OP=O)ccc2ccccc12. The summed E-state index contributed by atoms with van der Waals surface area (Å²) in [5.74, 6) is 0. The number of fused-ring (bicyclic) bond motifs is 1. The highest BCUT2D eigenvalue weighted by Crippen LogP contribution is 2.41. The van der Waals surface area contributed by atoms with E-state index in [-0.39, 0.29) is 8.69 Å². The molecule has 4 nitrogen and oxygen atoms in total. The Bertz CT molecular complexity index is 1150. The molecule has 0 atom stereocenters. The Hall–Kier alpha value is -3.23. The quantitative estimate of drug-likeness (QED) is 0.244. The molecule has 0 amide bonds. The van der Waals surface area contributed by atoms with Crippen molar-refractivity contribution in [2.45, 2.75) is 19.3 Å². The average Bonchev–Trinajstić information content (AvgIpc) is 2.80. The predicted molar refractivity (Wildman–Crippen MR) is 123 cm³/mol. The van der Waals surface area contributed by atoms with Crippen molar-refractivity contribution in [2.24, 2.45) is 5.16 Å². The first-order chi connectivity index (χ1) is 14.8. The Morgan fingerprint density at radius 3 is 2.57 bits per heavy atom. The van der Waals surface area contributed by atoms with Crippen LogP contribution < -0.4 is 0 Å². The van der Waals surface area contributed by atoms with Gasteiger partial charge in [0.05, 0.1) is 12.0 Å². The van der Waals surface area contributed by atoms with Crippen molar-refractivity contribution in [3.8, 4) is 0 Å². The molecule has 0 fully saturated rings. The second-order valence-corrected chi connectivity index (χ2v) is 7.39. The van der Waals surface area contributed by atoms with Gasteiger partial charge in [0.2, 0.25) is 0 Å². The number of allylic oxidation sites excluding steroid dienone is 2. The molecule has 0 spiro atoms. The van der Waals surface area contributed by atoms with E-state index in [0.717, 1.165) is 52.4 Å². The zero-order chi connectivity index (χ0) is 20.8. The van der Waals surface area contributed by atoms with Gasteiger partial charge in [-0.25, -0.2) is 4.57 Å². The summed E-state index contributed by atoms with van der Waals surface area (Å²) in [7, 11) is 1.21. The maximum Gasteiger partial charge on any atom is 0.395 e. The van der Waals surface area contributed by atoms with E-state index in [2.05, 4.69) is 53.7 Å². The molecule has 3 aromatic carbocycles. The van der Waals surface area contributed by atoms with Crippen LogP contribution in [-0.2, 0) is 13.9 Å². The minimum Gasteiger partial charge on any atom is -0.416 e. The summed E-state index contributed by atoms with van der Waals surface area (Å²) in [5.41, 5.74) is 6.55. The third-order valence-corrected chi connectivity index (χ3v) is 5.52. The van der Waals surface area contributed by atoms with E-state index in [9.17, 15) is 4.57 Å². The number of hydrogen-bond donors (Lipinski definition) is 0. The number of oxime groups is 1. The van der Waals surface area contributed by atoms with Crippen LogP contribution >= 0.6 is 8.69 Å². The molecule has 3 aromatic rings. The molecule has 1 aliphatic carbocycles. The molecular weight excluding hydrogens is 393 g/mol. The van der Waals surface area contributed by atoms with Gasteiger partial charge in [-0.15, -0.1) is 0 Å². The van der Waals surface area contributed by atoms with Crippen LogP contribution in [0, 0.1) is 0 Å². The fourth-order valence-corrected chi connectivity index (χ4v) is 4.23. The summed E-state index contributed by atoms with van der Waals surface area (Å²) in [6.45, 7) is 0. The molecule has 0 radical (unpaired) electrons. The molecule has 5 heteroatoms. The van der Waals surface area contributed by atoms with E-state index in [1.165, 1.54) is 17.4 Å². The van der Waals surface area contributed by atoms with Crippen molar-refractivity contribution in [1.82, 2.24) is 0 Å². The van der Waals surface area contributed by atoms with Crippen molar-refractivity contribution in [2.75, 3.05) is 7.11 Å². The minimum atomic E-state index is -0.376. The molecule has 0 aliphatic heterocycles. The summed E-state index contributed by atoms with van der Waals surface area (Å²) >= 11 is 0. The van der Waals surface area contributed by atoms with Gasteiger partial charge in [-0.3, -0.25) is 0 Å². The van der Waals surface area contributed by atoms with Gasteiger partial charge in [0.25, 0.3) is 0 Å². The topological polar surface area (TPSA) is 47.9 Å². The van der Waals surface area contributed by atoms with E-state index in [4.69, 9.17) is 9.36 Å². The van der Waals surface area contributed by atoms with Crippen molar-refractivity contribution >= 4 is 42.4 Å². The standard InChI is InChI=1S/C25H22NO3P/c1-28-26-23-13-7-12-22(18-8-3-2-4-9-18)25(23)24-20(16-17-29-30-27)15-14-19-10-5-6-11-21(19)24/h2-6,8-11,14-17H,7,12-13H2,1H3/b17-16+,26-23+. The number of nitrogens with zero attached hydrogens (tertiary/aromatic N) is 1. The van der Waals surface area contributed by atoms with E-state index in [0.29, 0.717) is 0 Å². The fourth-order valence-electron chi connectivity index (χ4n) is 4.12. The first kappa shape index (κ1) is 20.1. The highest BCUT2D eigenvalue weighted by molar-refractivity contribution is 7.17. The van der Waals surface area contributed by atoms with Gasteiger partial charge in [-0.05, 0) is 58.4 Å². The number of rotatable bonds is 6. The first-order valence-corrected chi connectivity index (χ1v) is 10.6. The lowest BCUT2D eigenvalue weighted by Crippen LogP contribution is -2.13. The van der Waals surface area contributed by atoms with Crippen LogP contribution in [0.5, 0.6) is 0 Å². The summed E-state index contributed by atoms with van der Waals surface area (Å²) < 4.78 is 15.7. The Labute approximate surface area is 177 Å². The van der Waals surface area contributed by atoms with Crippen LogP contribution in [0.15, 0.2) is 78.1 Å². The molecule has 0 N–H and O–H groups in total. The normalized spacial score (nSPS) is 16.0. The van der Waals surface area contributed by atoms with E-state index >= 15 is 0 Å². The maximum absolute atomic E-state index is 10.7. The van der Waals surface area contributed by atoms with Gasteiger partial charge in [0, 0.05) is 5.57 Å². The lowest BCUT2D eigenvalue weighted by atomic mass is 9.79. The summed E-state index contributed by atoms with van der Waals surface area (Å²) in [6.07, 6.45) is 6.14. The van der Waals surface area contributed by atoms with Gasteiger partial charge in [-0.2, -0.15) is 0 Å². The second kappa shape index (κ2) is 9.51. The molecule has 1 aliphatic rings. The van der Waals surface area contributed by atoms with Crippen LogP contribution in [-0.4, -0.2) is 12.8 Å². The highest BCUT2D eigenvalue weighted by atomic mass is 31.1. The highest BCUT2D eigenvalue weighted by Gasteiger charge is 2.25. The van der Waals surface area contributed by atoms with Crippen LogP contribution in [0.1, 0.15) is 36.0 Å². The molecule has 4 rings (SSSR count). The van der Waals surface area contributed by atoms with Gasteiger partial charge in [-0.1, -0.05) is 71.9 Å². The Morgan fingerprint density at radius 2 is 1.77 bits per heavy atom. The smallest absolute Gasteiger partial charge is 0.395 e. The van der Waals surface area contributed by atoms with Crippen LogP contribution in [0.2, 0.25) is 0 Å². The number of benzene rings is 3. The van der Waals surface area contributed by atoms with Crippen molar-refractivity contribution in [3.63, 3.8) is 0 Å². The molecule has 0 aromatic heterocycles. The third kappa shape index (κ3) is 4.05. The summed E-state index contributed by atoms with van der Waals surface area (Å²) in [4.78, 5) is 5.24. The largest absolute Gasteiger partial charge is 0.416 e. The zero-order valence-electron chi connectivity index (χ0n) is 16.7. The molecule has 30 heavy (non-hydrogen) atoms. The van der Waals surface area contributed by atoms with Crippen LogP contribution in [0.25, 0.3) is 28.0 Å². The minimum absolute atomic E-state index is 0.376. The predicted octanol–water partition coefficient (Wildman–Crippen LogP) is 7.13. The fraction of sp³-hybridized carbons (Fsp3) is 0.160. The molecule has 0 heterocycles. The summed E-state index contributed by atoms with van der Waals surface area (Å²) in [5, 5.41) is 6.69. The molecule has 0 saturated heterocycles. The van der Waals surface area contributed by atoms with Gasteiger partial charge >= 0.3 is 8.69 Å².